The zero-order valence-corrected chi connectivity index (χ0v) is 58.2. The Balaban J connectivity index is 1.88. The first-order valence-electron chi connectivity index (χ1n) is 38.4. The van der Waals surface area contributed by atoms with Gasteiger partial charge in [0.2, 0.25) is 5.91 Å². The van der Waals surface area contributed by atoms with Gasteiger partial charge >= 0.3 is 5.97 Å². The highest BCUT2D eigenvalue weighted by Gasteiger charge is 2.44. The molecule has 6 N–H and O–H groups in total. The maximum atomic E-state index is 13.0. The van der Waals surface area contributed by atoms with Crippen LogP contribution in [-0.2, 0) is 23.8 Å². The number of amides is 1. The largest absolute Gasteiger partial charge is 0.466 e. The van der Waals surface area contributed by atoms with Crippen molar-refractivity contribution in [3.05, 3.63) is 48.6 Å². The number of nitrogens with one attached hydrogen (secondary N) is 1. The molecule has 1 amide bonds. The number of allylic oxidation sites excluding steroid dienone is 7. The van der Waals surface area contributed by atoms with E-state index in [9.17, 15) is 35.1 Å². The molecule has 7 atom stereocenters. The molecule has 0 saturated carbocycles. The summed E-state index contributed by atoms with van der Waals surface area (Å²) in [6, 6.07) is -0.806. The average molecular weight is 1260 g/mol. The van der Waals surface area contributed by atoms with Crippen LogP contribution in [-0.4, -0.2) is 100 Å². The molecule has 0 radical (unpaired) electrons. The van der Waals surface area contributed by atoms with Crippen LogP contribution in [0.2, 0.25) is 0 Å². The Morgan fingerprint density at radius 3 is 1.18 bits per heavy atom. The first-order chi connectivity index (χ1) is 43.7. The van der Waals surface area contributed by atoms with Gasteiger partial charge in [0.25, 0.3) is 0 Å². The lowest BCUT2D eigenvalue weighted by Gasteiger charge is -2.40. The number of carbonyl (C=O) groups is 2. The van der Waals surface area contributed by atoms with Gasteiger partial charge in [-0.2, -0.15) is 0 Å². The number of unbranched alkanes of at least 4 members (excludes halogenated alkanes) is 48. The molecular weight excluding hydrogens is 1110 g/mol. The normalized spacial score (nSPS) is 17.9. The van der Waals surface area contributed by atoms with Crippen LogP contribution in [0.5, 0.6) is 0 Å². The van der Waals surface area contributed by atoms with Gasteiger partial charge in [0.15, 0.2) is 6.29 Å². The van der Waals surface area contributed by atoms with E-state index >= 15 is 0 Å². The predicted molar refractivity (Wildman–Crippen MR) is 375 cm³/mol. The van der Waals surface area contributed by atoms with E-state index in [1.807, 2.05) is 6.08 Å². The van der Waals surface area contributed by atoms with Crippen LogP contribution < -0.4 is 5.32 Å². The Morgan fingerprint density at radius 2 is 0.764 bits per heavy atom. The molecule has 0 aromatic rings. The fourth-order valence-electron chi connectivity index (χ4n) is 12.1. The number of aliphatic hydroxyl groups excluding tert-OH is 5. The molecule has 1 aliphatic rings. The quantitative estimate of drug-likeness (QED) is 0.0195. The minimum Gasteiger partial charge on any atom is -0.466 e. The van der Waals surface area contributed by atoms with E-state index in [-0.39, 0.29) is 18.5 Å². The van der Waals surface area contributed by atoms with Gasteiger partial charge in [-0.15, -0.1) is 0 Å². The third-order valence-electron chi connectivity index (χ3n) is 18.2. The van der Waals surface area contributed by atoms with Gasteiger partial charge < -0.3 is 45.1 Å². The Labute approximate surface area is 548 Å². The number of rotatable bonds is 68. The summed E-state index contributed by atoms with van der Waals surface area (Å²) in [5.41, 5.74) is 0. The standard InChI is InChI=1S/C78H145NO10/c1-3-5-7-9-11-13-15-16-43-46-50-54-58-62-66-74(83)87-67-63-59-55-51-47-44-41-39-37-35-33-31-29-27-25-23-21-19-17-18-20-22-24-26-28-30-32-34-36-38-40-42-45-49-53-57-61-65-73(82)79-70(69-88-78-77(86)76(85)75(84)72(68-80)89-78)71(81)64-60-56-52-48-14-12-10-8-6-4-2/h9,11,15-17,19,60,64,70-72,75-78,80-81,84-86H,3-8,10,12-14,18,20-59,61-63,65-69H2,1-2H3,(H,79,82)/b11-9-,16-15-,19-17-,64-60+. The lowest BCUT2D eigenvalue weighted by Crippen LogP contribution is -2.60. The Morgan fingerprint density at radius 1 is 0.416 bits per heavy atom. The lowest BCUT2D eigenvalue weighted by atomic mass is 9.99. The maximum Gasteiger partial charge on any atom is 0.305 e. The summed E-state index contributed by atoms with van der Waals surface area (Å²) < 4.78 is 16.7. The molecular formula is C78H145NO10. The molecule has 1 aliphatic heterocycles. The average Bonchev–Trinajstić information content (AvgIpc) is 2.38. The molecule has 0 aromatic heterocycles. The van der Waals surface area contributed by atoms with Gasteiger partial charge in [0.1, 0.15) is 24.4 Å². The predicted octanol–water partition coefficient (Wildman–Crippen LogP) is 20.3. The maximum absolute atomic E-state index is 13.0. The van der Waals surface area contributed by atoms with Crippen LogP contribution in [0.15, 0.2) is 48.6 Å². The van der Waals surface area contributed by atoms with E-state index in [1.54, 1.807) is 6.08 Å². The van der Waals surface area contributed by atoms with Crippen molar-refractivity contribution < 1.29 is 49.3 Å². The summed E-state index contributed by atoms with van der Waals surface area (Å²) in [6.07, 6.45) is 78.6. The van der Waals surface area contributed by atoms with Gasteiger partial charge in [0.05, 0.1) is 32.0 Å². The number of aliphatic hydroxyl groups is 5. The molecule has 0 aliphatic carbocycles. The van der Waals surface area contributed by atoms with Crippen molar-refractivity contribution in [2.75, 3.05) is 19.8 Å². The van der Waals surface area contributed by atoms with Crippen molar-refractivity contribution >= 4 is 11.9 Å². The highest BCUT2D eigenvalue weighted by atomic mass is 16.7. The molecule has 1 fully saturated rings. The van der Waals surface area contributed by atoms with E-state index in [0.717, 1.165) is 64.2 Å². The topological polar surface area (TPSA) is 175 Å². The minimum absolute atomic E-state index is 0.000698. The summed E-state index contributed by atoms with van der Waals surface area (Å²) in [5.74, 6) is -0.177. The van der Waals surface area contributed by atoms with Crippen molar-refractivity contribution in [1.29, 1.82) is 0 Å². The van der Waals surface area contributed by atoms with Crippen molar-refractivity contribution in [2.24, 2.45) is 0 Å². The first-order valence-corrected chi connectivity index (χ1v) is 38.4. The Kier molecular flexibility index (Phi) is 63.8. The van der Waals surface area contributed by atoms with Crippen LogP contribution in [0.25, 0.3) is 0 Å². The second-order valence-electron chi connectivity index (χ2n) is 26.7. The van der Waals surface area contributed by atoms with Crippen LogP contribution in [0, 0.1) is 0 Å². The van der Waals surface area contributed by atoms with Gasteiger partial charge in [-0.3, -0.25) is 9.59 Å². The van der Waals surface area contributed by atoms with Gasteiger partial charge in [-0.1, -0.05) is 326 Å². The third kappa shape index (κ3) is 55.8. The van der Waals surface area contributed by atoms with E-state index in [1.165, 1.54) is 283 Å². The highest BCUT2D eigenvalue weighted by molar-refractivity contribution is 5.76. The highest BCUT2D eigenvalue weighted by Crippen LogP contribution is 2.24. The summed E-state index contributed by atoms with van der Waals surface area (Å²) in [4.78, 5) is 25.1. The molecule has 0 bridgehead atoms. The van der Waals surface area contributed by atoms with Crippen molar-refractivity contribution in [2.45, 2.75) is 416 Å². The van der Waals surface area contributed by atoms with Gasteiger partial charge in [-0.05, 0) is 83.5 Å². The summed E-state index contributed by atoms with van der Waals surface area (Å²) in [7, 11) is 0. The molecule has 0 aromatic carbocycles. The van der Waals surface area contributed by atoms with Crippen LogP contribution >= 0.6 is 0 Å². The fourth-order valence-corrected chi connectivity index (χ4v) is 12.1. The molecule has 0 spiro atoms. The molecule has 11 nitrogen and oxygen atoms in total. The number of hydrogen-bond acceptors (Lipinski definition) is 10. The van der Waals surface area contributed by atoms with E-state index in [4.69, 9.17) is 14.2 Å². The Hall–Kier alpha value is -2.38. The minimum atomic E-state index is -1.57. The molecule has 1 rings (SSSR count). The summed E-state index contributed by atoms with van der Waals surface area (Å²) in [5, 5.41) is 54.4. The number of hydrogen-bond donors (Lipinski definition) is 6. The molecule has 7 unspecified atom stereocenters. The molecule has 522 valence electrons. The van der Waals surface area contributed by atoms with Crippen LogP contribution in [0.1, 0.15) is 373 Å². The molecule has 1 saturated heterocycles. The second kappa shape index (κ2) is 67.1. The SMILES string of the molecule is CCCC/C=C\C/C=C\CCCCCCCC(=O)OCCCCCCCCCCCCCCCCCC/C=C\CCCCCCCCCCCCCCCCCCCC(=O)NC(COC1OC(CO)C(O)C(O)C1O)C(O)/C=C/CCCCCCCCCC. The van der Waals surface area contributed by atoms with E-state index in [2.05, 4.69) is 55.6 Å². The molecule has 1 heterocycles. The van der Waals surface area contributed by atoms with Crippen molar-refractivity contribution in [3.63, 3.8) is 0 Å². The smallest absolute Gasteiger partial charge is 0.305 e. The number of ether oxygens (including phenoxy) is 3. The number of esters is 1. The van der Waals surface area contributed by atoms with E-state index in [0.29, 0.717) is 19.4 Å². The Bertz CT molecular complexity index is 1620. The zero-order chi connectivity index (χ0) is 64.4. The van der Waals surface area contributed by atoms with Gasteiger partial charge in [0, 0.05) is 12.8 Å². The second-order valence-corrected chi connectivity index (χ2v) is 26.7. The summed E-state index contributed by atoms with van der Waals surface area (Å²) in [6.45, 7) is 4.32. The fraction of sp³-hybridized carbons (Fsp3) is 0.872. The zero-order valence-electron chi connectivity index (χ0n) is 58.2. The van der Waals surface area contributed by atoms with Gasteiger partial charge in [-0.25, -0.2) is 0 Å². The molecule has 11 heteroatoms. The first kappa shape index (κ1) is 84.6. The van der Waals surface area contributed by atoms with Crippen molar-refractivity contribution in [3.8, 4) is 0 Å². The number of carbonyl (C=O) groups excluding carboxylic acids is 2. The monoisotopic (exact) mass is 1260 g/mol. The lowest BCUT2D eigenvalue weighted by molar-refractivity contribution is -0.302. The van der Waals surface area contributed by atoms with Crippen molar-refractivity contribution in [1.82, 2.24) is 5.32 Å². The van der Waals surface area contributed by atoms with E-state index < -0.39 is 49.5 Å². The van der Waals surface area contributed by atoms with Crippen LogP contribution in [0.4, 0.5) is 0 Å². The molecule has 89 heavy (non-hydrogen) atoms. The summed E-state index contributed by atoms with van der Waals surface area (Å²) >= 11 is 0. The van der Waals surface area contributed by atoms with Crippen LogP contribution in [0.3, 0.4) is 0 Å². The third-order valence-corrected chi connectivity index (χ3v) is 18.2.